The van der Waals surface area contributed by atoms with E-state index in [1.807, 2.05) is 112 Å². The molecule has 0 heterocycles. The van der Waals surface area contributed by atoms with Crippen LogP contribution < -0.4 is 0 Å². The molecule has 117 heavy (non-hydrogen) atoms. The molecule has 7 aromatic rings. The molecule has 0 radical (unpaired) electrons. The van der Waals surface area contributed by atoms with Gasteiger partial charge in [0.15, 0.2) is 0 Å². The van der Waals surface area contributed by atoms with E-state index in [0.29, 0.717) is 44.8 Å². The summed E-state index contributed by atoms with van der Waals surface area (Å²) in [5.41, 5.74) is 11.6. The highest BCUT2D eigenvalue weighted by Gasteiger charge is 2.25. The minimum Gasteiger partial charge on any atom is -0.507 e. The van der Waals surface area contributed by atoms with Gasteiger partial charge in [0.1, 0.15) is 40.2 Å². The van der Waals surface area contributed by atoms with E-state index in [-0.39, 0.29) is 45.3 Å². The minimum absolute atomic E-state index is 0.0221. The number of phenols is 6. The summed E-state index contributed by atoms with van der Waals surface area (Å²) in [6.45, 7) is 23.2. The summed E-state index contributed by atoms with van der Waals surface area (Å²) < 4.78 is 0. The Balaban J connectivity index is 0.000000485. The van der Waals surface area contributed by atoms with Crippen LogP contribution in [0, 0.1) is 0 Å². The molecule has 0 aromatic heterocycles. The Morgan fingerprint density at radius 2 is 0.598 bits per heavy atom. The van der Waals surface area contributed by atoms with E-state index in [1.54, 1.807) is 49.4 Å². The zero-order chi connectivity index (χ0) is 86.3. The van der Waals surface area contributed by atoms with Crippen LogP contribution in [0.5, 0.6) is 34.5 Å². The second kappa shape index (κ2) is 63.3. The summed E-state index contributed by atoms with van der Waals surface area (Å²) in [5.74, 6) is 0.923. The molecule has 0 bridgehead atoms. The van der Waals surface area contributed by atoms with Gasteiger partial charge in [0.25, 0.3) is 0 Å². The van der Waals surface area contributed by atoms with Crippen molar-refractivity contribution in [3.8, 4) is 34.5 Å². The molecule has 0 spiro atoms. The number of aryl methyl sites for hydroxylation is 4. The lowest BCUT2D eigenvalue weighted by Crippen LogP contribution is -2.17. The number of rotatable bonds is 45. The molecule has 0 saturated carbocycles. The Bertz CT molecular complexity index is 3950. The standard InChI is InChI=1S/C25H35NO2.C19H31NO2.C17H27NO2.C16H25NO2.C15H23NO2.C7H7NO2/c1-2-3-4-5-6-7-8-9-10-12-15-21-18-19-24(27)23(20-21)25(26-28)22-16-13-11-14-17-22;1-2-3-4-5-6-7-8-9-10-11-12-17-13-14-19(21)18(15-17)16-20-22;1-3-4-5-6-7-8-9-10-15-11-12-17(19)16(13-15)14(2)18-20;1-2-3-4-5-6-7-8-9-14-10-11-16(18)15(12-14)13-17-19;1-14(2,3)11-7-10(9-16-18)13(17)12(8-11)15(4,5)6;9-7-4-2-1-3-6(7)5-8-10/h11,13-14,16-20,27-28H,2-10,12,15H2,1H3;13-16,21-22H,2-12H2,1H3;11-13,19-20H,3-10H2,1-2H3;10-13,18-19H,2-9H2,1H3;7-9,17-18H,1-6H3;1-5,9-10H/b26-25+;20-16+;18-14+;17-13+;16-9+;8-5+. The Morgan fingerprint density at radius 3 is 0.940 bits per heavy atom. The third-order valence-corrected chi connectivity index (χ3v) is 20.6. The summed E-state index contributed by atoms with van der Waals surface area (Å²) in [4.78, 5) is 0. The first-order valence-corrected chi connectivity index (χ1v) is 43.5. The van der Waals surface area contributed by atoms with Gasteiger partial charge in [-0.25, -0.2) is 0 Å². The quantitative estimate of drug-likeness (QED) is 0.00734. The summed E-state index contributed by atoms with van der Waals surface area (Å²) in [5, 5.41) is 129. The number of nitrogens with zero attached hydrogens (tertiary/aromatic N) is 6. The lowest BCUT2D eigenvalue weighted by Gasteiger charge is -2.26. The van der Waals surface area contributed by atoms with Gasteiger partial charge < -0.3 is 61.9 Å². The average molecular weight is 1610 g/mol. The van der Waals surface area contributed by atoms with Crippen molar-refractivity contribution in [3.05, 3.63) is 212 Å². The van der Waals surface area contributed by atoms with Crippen molar-refractivity contribution >= 4 is 36.3 Å². The summed E-state index contributed by atoms with van der Waals surface area (Å²) in [6.07, 6.45) is 53.8. The average Bonchev–Trinajstić information content (AvgIpc) is 0.789. The molecule has 18 nitrogen and oxygen atoms in total. The number of oxime groups is 6. The van der Waals surface area contributed by atoms with Crippen LogP contribution >= 0.6 is 0 Å². The lowest BCUT2D eigenvalue weighted by molar-refractivity contribution is 0.318. The van der Waals surface area contributed by atoms with Crippen molar-refractivity contribution in [1.29, 1.82) is 0 Å². The fourth-order valence-corrected chi connectivity index (χ4v) is 13.4. The monoisotopic (exact) mass is 1610 g/mol. The topological polar surface area (TPSA) is 317 Å². The van der Waals surface area contributed by atoms with E-state index < -0.39 is 0 Å². The normalized spacial score (nSPS) is 11.7. The van der Waals surface area contributed by atoms with Crippen molar-refractivity contribution in [2.45, 2.75) is 331 Å². The predicted molar refractivity (Wildman–Crippen MR) is 486 cm³/mol. The van der Waals surface area contributed by atoms with Crippen LogP contribution in [0.1, 0.15) is 367 Å². The third-order valence-electron chi connectivity index (χ3n) is 20.6. The summed E-state index contributed by atoms with van der Waals surface area (Å²) in [6, 6.07) is 42.1. The van der Waals surface area contributed by atoms with Crippen LogP contribution in [0.25, 0.3) is 0 Å². The first-order valence-electron chi connectivity index (χ1n) is 43.5. The summed E-state index contributed by atoms with van der Waals surface area (Å²) >= 11 is 0. The van der Waals surface area contributed by atoms with E-state index in [4.69, 9.17) is 31.1 Å². The molecule has 0 amide bonds. The van der Waals surface area contributed by atoms with E-state index >= 15 is 0 Å². The van der Waals surface area contributed by atoms with Crippen molar-refractivity contribution in [1.82, 2.24) is 0 Å². The molecule has 0 unspecified atom stereocenters. The number of hydrogen-bond acceptors (Lipinski definition) is 18. The van der Waals surface area contributed by atoms with E-state index in [9.17, 15) is 30.7 Å². The zero-order valence-corrected chi connectivity index (χ0v) is 73.0. The molecular weight excluding hydrogens is 1470 g/mol. The van der Waals surface area contributed by atoms with Gasteiger partial charge in [-0.3, -0.25) is 0 Å². The number of para-hydroxylation sites is 1. The lowest BCUT2D eigenvalue weighted by atomic mass is 9.79. The molecule has 0 aliphatic heterocycles. The number of benzene rings is 7. The van der Waals surface area contributed by atoms with Gasteiger partial charge in [-0.2, -0.15) is 0 Å². The molecule has 646 valence electrons. The van der Waals surface area contributed by atoms with Crippen LogP contribution in [-0.4, -0.2) is 98.2 Å². The second-order valence-electron chi connectivity index (χ2n) is 32.6. The second-order valence-corrected chi connectivity index (χ2v) is 32.6. The first kappa shape index (κ1) is 103. The predicted octanol–water partition coefficient (Wildman–Crippen LogP) is 27.1. The van der Waals surface area contributed by atoms with E-state index in [2.05, 4.69) is 79.4 Å². The van der Waals surface area contributed by atoms with Crippen LogP contribution in [0.4, 0.5) is 0 Å². The molecule has 0 atom stereocenters. The summed E-state index contributed by atoms with van der Waals surface area (Å²) in [7, 11) is 0. The van der Waals surface area contributed by atoms with Crippen LogP contribution in [0.15, 0.2) is 170 Å². The Labute approximate surface area is 702 Å². The van der Waals surface area contributed by atoms with Gasteiger partial charge >= 0.3 is 0 Å². The van der Waals surface area contributed by atoms with Gasteiger partial charge in [-0.1, -0.05) is 366 Å². The van der Waals surface area contributed by atoms with Crippen molar-refractivity contribution in [2.24, 2.45) is 30.9 Å². The van der Waals surface area contributed by atoms with Gasteiger partial charge in [0, 0.05) is 44.5 Å². The van der Waals surface area contributed by atoms with Gasteiger partial charge in [0.2, 0.25) is 0 Å². The highest BCUT2D eigenvalue weighted by Crippen LogP contribution is 2.37. The maximum Gasteiger partial charge on any atom is 0.128 e. The highest BCUT2D eigenvalue weighted by atomic mass is 16.4. The maximum absolute atomic E-state index is 10.3. The Morgan fingerprint density at radius 1 is 0.291 bits per heavy atom. The molecule has 12 N–H and O–H groups in total. The van der Waals surface area contributed by atoms with E-state index in [0.717, 1.165) is 48.8 Å². The molecular formula is C99H148N6O12. The smallest absolute Gasteiger partial charge is 0.128 e. The Kier molecular flexibility index (Phi) is 55.9. The largest absolute Gasteiger partial charge is 0.507 e. The first-order chi connectivity index (χ1) is 56.4. The molecule has 0 fully saturated rings. The van der Waals surface area contributed by atoms with Crippen molar-refractivity contribution in [2.75, 3.05) is 0 Å². The fourth-order valence-electron chi connectivity index (χ4n) is 13.4. The molecule has 0 aliphatic carbocycles. The zero-order valence-electron chi connectivity index (χ0n) is 73.0. The highest BCUT2D eigenvalue weighted by molar-refractivity contribution is 6.14. The van der Waals surface area contributed by atoms with Crippen molar-refractivity contribution in [3.63, 3.8) is 0 Å². The SMILES string of the molecule is CC(C)(C)c1cc(/C=N/O)c(O)c(C(C)(C)C)c1.CCCCCCCCCCCCc1ccc(O)c(/C(=N/O)c2ccccc2)c1.CCCCCCCCCCCCc1ccc(O)c(/C=N/O)c1.CCCCCCCCCc1ccc(O)c(/C(C)=N/O)c1.CCCCCCCCCc1ccc(O)c(/C=N/O)c1.O/N=C/c1ccccc1O. The molecule has 7 rings (SSSR count). The maximum atomic E-state index is 10.3. The van der Waals surface area contributed by atoms with E-state index in [1.165, 1.54) is 265 Å². The van der Waals surface area contributed by atoms with Gasteiger partial charge in [-0.15, -0.1) is 0 Å². The number of aromatic hydroxyl groups is 6. The molecule has 18 heteroatoms. The number of phenolic OH excluding ortho intramolecular Hbond substituents is 6. The molecule has 0 saturated heterocycles. The molecule has 0 aliphatic rings. The Hall–Kier alpha value is -9.84. The minimum atomic E-state index is -0.163. The van der Waals surface area contributed by atoms with Crippen LogP contribution in [-0.2, 0) is 36.5 Å². The number of hydrogen-bond donors (Lipinski definition) is 12. The fraction of sp³-hybridized carbons (Fsp3) is 0.515. The van der Waals surface area contributed by atoms with Crippen molar-refractivity contribution < 1.29 is 61.9 Å². The van der Waals surface area contributed by atoms with Gasteiger partial charge in [-0.05, 0) is 164 Å². The van der Waals surface area contributed by atoms with Crippen LogP contribution in [0.2, 0.25) is 0 Å². The number of unbranched alkanes of at least 4 members (excludes halogenated alkanes) is 30. The molecule has 7 aromatic carbocycles. The van der Waals surface area contributed by atoms with Crippen LogP contribution in [0.3, 0.4) is 0 Å². The third kappa shape index (κ3) is 45.5. The van der Waals surface area contributed by atoms with Gasteiger partial charge in [0.05, 0.1) is 30.6 Å².